The molecule has 0 fully saturated rings. The van der Waals surface area contributed by atoms with Crippen molar-refractivity contribution in [3.63, 3.8) is 0 Å². The van der Waals surface area contributed by atoms with Gasteiger partial charge in [-0.25, -0.2) is 4.99 Å². The van der Waals surface area contributed by atoms with Crippen LogP contribution in [-0.2, 0) is 19.6 Å². The highest BCUT2D eigenvalue weighted by Crippen LogP contribution is 2.08. The topological polar surface area (TPSA) is 44.6 Å². The van der Waals surface area contributed by atoms with Gasteiger partial charge in [0.15, 0.2) is 5.96 Å². The van der Waals surface area contributed by atoms with E-state index in [-0.39, 0.29) is 24.0 Å². The van der Waals surface area contributed by atoms with E-state index in [4.69, 9.17) is 4.99 Å². The number of nitrogens with zero attached hydrogens (tertiary/aromatic N) is 3. The van der Waals surface area contributed by atoms with Crippen molar-refractivity contribution in [3.8, 4) is 0 Å². The van der Waals surface area contributed by atoms with Gasteiger partial charge in [-0.2, -0.15) is 0 Å². The molecule has 0 aliphatic carbocycles. The van der Waals surface area contributed by atoms with Crippen molar-refractivity contribution in [3.05, 3.63) is 59.9 Å². The van der Waals surface area contributed by atoms with Gasteiger partial charge in [0.1, 0.15) is 0 Å². The lowest BCUT2D eigenvalue weighted by Crippen LogP contribution is -2.38. The number of nitrogens with one attached hydrogen (secondary N) is 2. The van der Waals surface area contributed by atoms with Crippen molar-refractivity contribution in [2.75, 3.05) is 26.7 Å². The number of aromatic nitrogens is 1. The molecule has 2 N–H and O–H groups in total. The summed E-state index contributed by atoms with van der Waals surface area (Å²) in [5.74, 6) is 0.866. The zero-order valence-electron chi connectivity index (χ0n) is 16.1. The summed E-state index contributed by atoms with van der Waals surface area (Å²) in [6.07, 6.45) is 4.15. The van der Waals surface area contributed by atoms with Crippen LogP contribution in [0, 0.1) is 0 Å². The van der Waals surface area contributed by atoms with Crippen LogP contribution >= 0.6 is 24.0 Å². The van der Waals surface area contributed by atoms with Gasteiger partial charge in [0.05, 0.1) is 6.54 Å². The first-order valence-corrected chi connectivity index (χ1v) is 9.10. The van der Waals surface area contributed by atoms with Crippen LogP contribution in [-0.4, -0.2) is 42.1 Å². The van der Waals surface area contributed by atoms with Gasteiger partial charge < -0.3 is 20.1 Å². The van der Waals surface area contributed by atoms with Crippen LogP contribution in [0.4, 0.5) is 0 Å². The van der Waals surface area contributed by atoms with E-state index in [2.05, 4.69) is 77.7 Å². The molecule has 1 aromatic carbocycles. The summed E-state index contributed by atoms with van der Waals surface area (Å²) in [4.78, 5) is 7.02. The number of guanidine groups is 1. The van der Waals surface area contributed by atoms with E-state index >= 15 is 0 Å². The lowest BCUT2D eigenvalue weighted by Gasteiger charge is -2.14. The van der Waals surface area contributed by atoms with Gasteiger partial charge in [0, 0.05) is 38.6 Å². The Morgan fingerprint density at radius 2 is 1.81 bits per heavy atom. The summed E-state index contributed by atoms with van der Waals surface area (Å²) in [6, 6.07) is 12.8. The van der Waals surface area contributed by atoms with Crippen molar-refractivity contribution in [1.82, 2.24) is 20.1 Å². The predicted molar refractivity (Wildman–Crippen MR) is 121 cm³/mol. The van der Waals surface area contributed by atoms with Gasteiger partial charge in [0.2, 0.25) is 0 Å². The SMILES string of the molecule is CCNC(=NCc1cccc(CN(C)CC)c1)NCCn1cccc1.I. The van der Waals surface area contributed by atoms with E-state index in [1.54, 1.807) is 0 Å². The van der Waals surface area contributed by atoms with Crippen molar-refractivity contribution in [2.24, 2.45) is 4.99 Å². The van der Waals surface area contributed by atoms with E-state index in [9.17, 15) is 0 Å². The maximum Gasteiger partial charge on any atom is 0.191 e. The number of halogens is 1. The van der Waals surface area contributed by atoms with Gasteiger partial charge in [-0.3, -0.25) is 0 Å². The van der Waals surface area contributed by atoms with Crippen LogP contribution in [0.3, 0.4) is 0 Å². The molecular formula is C20H32IN5. The first-order chi connectivity index (χ1) is 12.2. The largest absolute Gasteiger partial charge is 0.357 e. The van der Waals surface area contributed by atoms with Crippen molar-refractivity contribution in [1.29, 1.82) is 0 Å². The molecular weight excluding hydrogens is 437 g/mol. The van der Waals surface area contributed by atoms with Gasteiger partial charge >= 0.3 is 0 Å². The third-order valence-corrected chi connectivity index (χ3v) is 4.08. The van der Waals surface area contributed by atoms with Crippen molar-refractivity contribution >= 4 is 29.9 Å². The van der Waals surface area contributed by atoms with Crippen LogP contribution in [0.1, 0.15) is 25.0 Å². The second kappa shape index (κ2) is 12.8. The Labute approximate surface area is 174 Å². The molecule has 2 aromatic rings. The molecule has 144 valence electrons. The average molecular weight is 469 g/mol. The molecule has 6 heteroatoms. The molecule has 0 atom stereocenters. The van der Waals surface area contributed by atoms with E-state index < -0.39 is 0 Å². The summed E-state index contributed by atoms with van der Waals surface area (Å²) in [6.45, 7) is 9.61. The number of benzene rings is 1. The zero-order chi connectivity index (χ0) is 17.9. The Bertz CT molecular complexity index is 639. The Morgan fingerprint density at radius 3 is 2.50 bits per heavy atom. The fraction of sp³-hybridized carbons (Fsp3) is 0.450. The smallest absolute Gasteiger partial charge is 0.191 e. The predicted octanol–water partition coefficient (Wildman–Crippen LogP) is 3.31. The van der Waals surface area contributed by atoms with Crippen LogP contribution in [0.2, 0.25) is 0 Å². The summed E-state index contributed by atoms with van der Waals surface area (Å²) >= 11 is 0. The van der Waals surface area contributed by atoms with E-state index in [0.717, 1.165) is 38.7 Å². The zero-order valence-corrected chi connectivity index (χ0v) is 18.4. The van der Waals surface area contributed by atoms with Crippen LogP contribution in [0.5, 0.6) is 0 Å². The first kappa shape index (κ1) is 22.5. The summed E-state index contributed by atoms with van der Waals surface area (Å²) in [7, 11) is 2.14. The normalized spacial score (nSPS) is 11.3. The summed E-state index contributed by atoms with van der Waals surface area (Å²) in [5.41, 5.74) is 2.58. The monoisotopic (exact) mass is 469 g/mol. The maximum absolute atomic E-state index is 4.71. The minimum atomic E-state index is 0. The third-order valence-electron chi connectivity index (χ3n) is 4.08. The highest BCUT2D eigenvalue weighted by Gasteiger charge is 2.01. The Morgan fingerprint density at radius 1 is 1.08 bits per heavy atom. The molecule has 5 nitrogen and oxygen atoms in total. The molecule has 0 bridgehead atoms. The van der Waals surface area contributed by atoms with Crippen LogP contribution in [0.25, 0.3) is 0 Å². The van der Waals surface area contributed by atoms with Gasteiger partial charge in [-0.1, -0.05) is 31.2 Å². The number of hydrogen-bond donors (Lipinski definition) is 2. The van der Waals surface area contributed by atoms with E-state index in [1.165, 1.54) is 11.1 Å². The highest BCUT2D eigenvalue weighted by molar-refractivity contribution is 14.0. The quantitative estimate of drug-likeness (QED) is 0.337. The minimum Gasteiger partial charge on any atom is -0.357 e. The molecule has 0 aliphatic heterocycles. The Hall–Kier alpha value is -1.54. The second-order valence-corrected chi connectivity index (χ2v) is 6.19. The highest BCUT2D eigenvalue weighted by atomic mass is 127. The lowest BCUT2D eigenvalue weighted by atomic mass is 10.1. The summed E-state index contributed by atoms with van der Waals surface area (Å²) in [5, 5.41) is 6.71. The molecule has 2 rings (SSSR count). The summed E-state index contributed by atoms with van der Waals surface area (Å²) < 4.78 is 2.16. The van der Waals surface area contributed by atoms with Crippen molar-refractivity contribution < 1.29 is 0 Å². The molecule has 0 unspecified atom stereocenters. The Kier molecular flexibility index (Phi) is 11.0. The standard InChI is InChI=1S/C20H31N5.HI/c1-4-21-20(22-11-14-25-12-6-7-13-25)23-16-18-9-8-10-19(15-18)17-24(3)5-2;/h6-10,12-13,15H,4-5,11,14,16-17H2,1-3H3,(H2,21,22,23);1H. The average Bonchev–Trinajstić information content (AvgIpc) is 3.13. The number of hydrogen-bond acceptors (Lipinski definition) is 2. The van der Waals surface area contributed by atoms with Gasteiger partial charge in [0.25, 0.3) is 0 Å². The Balaban J connectivity index is 0.00000338. The van der Waals surface area contributed by atoms with Gasteiger partial charge in [-0.05, 0) is 43.8 Å². The molecule has 1 aromatic heterocycles. The molecule has 0 saturated carbocycles. The second-order valence-electron chi connectivity index (χ2n) is 6.19. The fourth-order valence-electron chi connectivity index (χ4n) is 2.58. The molecule has 26 heavy (non-hydrogen) atoms. The number of aliphatic imine (C=N–C) groups is 1. The van der Waals surface area contributed by atoms with Crippen LogP contribution in [0.15, 0.2) is 53.8 Å². The molecule has 0 saturated heterocycles. The first-order valence-electron chi connectivity index (χ1n) is 9.10. The van der Waals surface area contributed by atoms with E-state index in [0.29, 0.717) is 6.54 Å². The molecule has 0 radical (unpaired) electrons. The lowest BCUT2D eigenvalue weighted by molar-refractivity contribution is 0.345. The molecule has 0 spiro atoms. The minimum absolute atomic E-state index is 0. The molecule has 0 aliphatic rings. The van der Waals surface area contributed by atoms with Crippen LogP contribution < -0.4 is 10.6 Å². The fourth-order valence-corrected chi connectivity index (χ4v) is 2.58. The van der Waals surface area contributed by atoms with Crippen molar-refractivity contribution in [2.45, 2.75) is 33.5 Å². The molecule has 0 amide bonds. The van der Waals surface area contributed by atoms with Gasteiger partial charge in [-0.15, -0.1) is 24.0 Å². The number of rotatable bonds is 9. The van der Waals surface area contributed by atoms with E-state index in [1.807, 2.05) is 12.1 Å². The third kappa shape index (κ3) is 8.23. The maximum atomic E-state index is 4.71. The molecule has 1 heterocycles.